The summed E-state index contributed by atoms with van der Waals surface area (Å²) in [6.45, 7) is 5.66. The van der Waals surface area contributed by atoms with Gasteiger partial charge in [-0.2, -0.15) is 0 Å². The topological polar surface area (TPSA) is 66.4 Å². The monoisotopic (exact) mass is 253 g/mol. The summed E-state index contributed by atoms with van der Waals surface area (Å²) in [5.74, 6) is -0.542. The Kier molecular flexibility index (Phi) is 4.93. The number of carboxylic acids is 1. The molecule has 4 heteroatoms. The van der Waals surface area contributed by atoms with Crippen LogP contribution in [-0.2, 0) is 9.59 Å². The minimum absolute atomic E-state index is 0.0447. The Morgan fingerprint density at radius 3 is 2.61 bits per heavy atom. The number of amides is 1. The minimum atomic E-state index is -0.882. The lowest BCUT2D eigenvalue weighted by Gasteiger charge is -2.33. The van der Waals surface area contributed by atoms with Crippen LogP contribution in [0.5, 0.6) is 0 Å². The van der Waals surface area contributed by atoms with Crippen molar-refractivity contribution in [1.29, 1.82) is 0 Å². The van der Waals surface area contributed by atoms with Crippen molar-refractivity contribution in [2.24, 2.45) is 11.8 Å². The highest BCUT2D eigenvalue weighted by Crippen LogP contribution is 2.24. The zero-order valence-electron chi connectivity index (χ0n) is 11.4. The predicted octanol–water partition coefficient (Wildman–Crippen LogP) is 2.35. The van der Waals surface area contributed by atoms with E-state index in [9.17, 15) is 9.59 Å². The molecule has 0 saturated carbocycles. The lowest BCUT2D eigenvalue weighted by Crippen LogP contribution is -2.51. The van der Waals surface area contributed by atoms with Gasteiger partial charge in [0.15, 0.2) is 0 Å². The lowest BCUT2D eigenvalue weighted by atomic mass is 9.85. The summed E-state index contributed by atoms with van der Waals surface area (Å²) in [5, 5.41) is 11.8. The van der Waals surface area contributed by atoms with Crippen molar-refractivity contribution in [2.45, 2.75) is 52.0 Å². The molecule has 0 saturated heterocycles. The number of allylic oxidation sites excluding steroid dienone is 2. The largest absolute Gasteiger partial charge is 0.481 e. The van der Waals surface area contributed by atoms with E-state index < -0.39 is 11.5 Å². The Morgan fingerprint density at radius 1 is 1.50 bits per heavy atom. The number of hydrogen-bond donors (Lipinski definition) is 2. The molecule has 0 aromatic rings. The molecule has 18 heavy (non-hydrogen) atoms. The summed E-state index contributed by atoms with van der Waals surface area (Å²) in [6, 6.07) is 0. The number of rotatable bonds is 6. The van der Waals surface area contributed by atoms with Gasteiger partial charge in [0.1, 0.15) is 0 Å². The number of carbonyl (C=O) groups is 2. The molecule has 2 atom stereocenters. The highest BCUT2D eigenvalue weighted by atomic mass is 16.4. The Morgan fingerprint density at radius 2 is 2.17 bits per heavy atom. The van der Waals surface area contributed by atoms with E-state index in [1.54, 1.807) is 6.92 Å². The first-order valence-corrected chi connectivity index (χ1v) is 6.53. The van der Waals surface area contributed by atoms with Crippen LogP contribution in [0.15, 0.2) is 12.2 Å². The molecule has 1 amide bonds. The van der Waals surface area contributed by atoms with Crippen molar-refractivity contribution in [3.8, 4) is 0 Å². The first-order valence-electron chi connectivity index (χ1n) is 6.53. The summed E-state index contributed by atoms with van der Waals surface area (Å²) in [7, 11) is 0. The van der Waals surface area contributed by atoms with Crippen LogP contribution < -0.4 is 5.32 Å². The van der Waals surface area contributed by atoms with Gasteiger partial charge in [0.2, 0.25) is 5.91 Å². The highest BCUT2D eigenvalue weighted by Gasteiger charge is 2.33. The van der Waals surface area contributed by atoms with Gasteiger partial charge in [0, 0.05) is 12.0 Å². The van der Waals surface area contributed by atoms with E-state index in [2.05, 4.69) is 17.5 Å². The van der Waals surface area contributed by atoms with Gasteiger partial charge in [-0.05, 0) is 31.6 Å². The van der Waals surface area contributed by atoms with Gasteiger partial charge in [-0.3, -0.25) is 9.59 Å². The van der Waals surface area contributed by atoms with Gasteiger partial charge in [-0.15, -0.1) is 0 Å². The van der Waals surface area contributed by atoms with Gasteiger partial charge < -0.3 is 10.4 Å². The fraction of sp³-hybridized carbons (Fsp3) is 0.714. The van der Waals surface area contributed by atoms with Crippen molar-refractivity contribution in [1.82, 2.24) is 5.32 Å². The second-order valence-corrected chi connectivity index (χ2v) is 5.66. The van der Waals surface area contributed by atoms with Crippen LogP contribution in [0.2, 0.25) is 0 Å². The smallest absolute Gasteiger partial charge is 0.305 e. The molecule has 0 aliphatic heterocycles. The van der Waals surface area contributed by atoms with Gasteiger partial charge in [0.05, 0.1) is 6.42 Å². The van der Waals surface area contributed by atoms with Gasteiger partial charge >= 0.3 is 5.97 Å². The van der Waals surface area contributed by atoms with Crippen molar-refractivity contribution in [3.05, 3.63) is 12.2 Å². The van der Waals surface area contributed by atoms with Crippen LogP contribution in [0.25, 0.3) is 0 Å². The molecular formula is C14H23NO3. The molecule has 0 spiro atoms. The summed E-state index contributed by atoms with van der Waals surface area (Å²) >= 11 is 0. The summed E-state index contributed by atoms with van der Waals surface area (Å²) in [6.07, 6.45) is 6.63. The molecule has 1 aliphatic rings. The van der Waals surface area contributed by atoms with Crippen LogP contribution in [0.4, 0.5) is 0 Å². The third-order valence-corrected chi connectivity index (χ3v) is 3.78. The molecular weight excluding hydrogens is 230 g/mol. The molecule has 4 nitrogen and oxygen atoms in total. The third-order valence-electron chi connectivity index (χ3n) is 3.78. The Hall–Kier alpha value is -1.32. The lowest BCUT2D eigenvalue weighted by molar-refractivity contribution is -0.139. The number of hydrogen-bond acceptors (Lipinski definition) is 2. The highest BCUT2D eigenvalue weighted by molar-refractivity contribution is 5.78. The average Bonchev–Trinajstić information content (AvgIpc) is 2.68. The van der Waals surface area contributed by atoms with Crippen LogP contribution in [-0.4, -0.2) is 22.5 Å². The van der Waals surface area contributed by atoms with Crippen LogP contribution in [0, 0.1) is 11.8 Å². The van der Waals surface area contributed by atoms with E-state index in [0.717, 1.165) is 12.8 Å². The number of nitrogens with one attached hydrogen (secondary N) is 1. The van der Waals surface area contributed by atoms with E-state index in [1.165, 1.54) is 0 Å². The first kappa shape index (κ1) is 14.7. The number of aliphatic carboxylic acids is 1. The zero-order valence-corrected chi connectivity index (χ0v) is 11.4. The molecule has 0 fully saturated rings. The summed E-state index contributed by atoms with van der Waals surface area (Å²) in [4.78, 5) is 22.8. The molecule has 0 heterocycles. The van der Waals surface area contributed by atoms with Crippen molar-refractivity contribution < 1.29 is 14.7 Å². The Bertz CT molecular complexity index is 349. The quantitative estimate of drug-likeness (QED) is 0.714. The van der Waals surface area contributed by atoms with Gasteiger partial charge in [-0.1, -0.05) is 26.0 Å². The maximum atomic E-state index is 12.0. The summed E-state index contributed by atoms with van der Waals surface area (Å²) in [5.41, 5.74) is -0.675. The van der Waals surface area contributed by atoms with E-state index in [0.29, 0.717) is 12.3 Å². The molecule has 1 aliphatic carbocycles. The van der Waals surface area contributed by atoms with Crippen LogP contribution in [0.1, 0.15) is 46.5 Å². The maximum Gasteiger partial charge on any atom is 0.305 e. The average molecular weight is 253 g/mol. The summed E-state index contributed by atoms with van der Waals surface area (Å²) < 4.78 is 0. The van der Waals surface area contributed by atoms with Crippen molar-refractivity contribution in [2.75, 3.05) is 0 Å². The van der Waals surface area contributed by atoms with E-state index in [-0.39, 0.29) is 18.2 Å². The molecule has 0 bridgehead atoms. The van der Waals surface area contributed by atoms with Gasteiger partial charge in [-0.25, -0.2) is 0 Å². The fourth-order valence-corrected chi connectivity index (χ4v) is 2.18. The normalized spacial score (nSPS) is 21.9. The van der Waals surface area contributed by atoms with E-state index >= 15 is 0 Å². The molecule has 0 radical (unpaired) electrons. The molecule has 0 aromatic heterocycles. The maximum absolute atomic E-state index is 12.0. The third kappa shape index (κ3) is 4.17. The van der Waals surface area contributed by atoms with E-state index in [4.69, 9.17) is 5.11 Å². The Labute approximate surface area is 108 Å². The second kappa shape index (κ2) is 6.03. The second-order valence-electron chi connectivity index (χ2n) is 5.66. The molecule has 0 aromatic carbocycles. The van der Waals surface area contributed by atoms with Crippen molar-refractivity contribution >= 4 is 11.9 Å². The minimum Gasteiger partial charge on any atom is -0.481 e. The Balaban J connectivity index is 2.57. The fourth-order valence-electron chi connectivity index (χ4n) is 2.18. The molecule has 2 N–H and O–H groups in total. The SMILES string of the molecule is CC(C)C(C)(CC(=O)O)NC(=O)CC1C=CCC1. The standard InChI is InChI=1S/C14H23NO3/c1-10(2)14(3,9-13(17)18)15-12(16)8-11-6-4-5-7-11/h4,6,10-11H,5,7-9H2,1-3H3,(H,15,16)(H,17,18). The zero-order chi connectivity index (χ0) is 13.8. The van der Waals surface area contributed by atoms with Crippen LogP contribution in [0.3, 0.4) is 0 Å². The van der Waals surface area contributed by atoms with E-state index in [1.807, 2.05) is 13.8 Å². The number of carboxylic acid groups (broad SMARTS) is 1. The van der Waals surface area contributed by atoms with Gasteiger partial charge in [0.25, 0.3) is 0 Å². The first-order chi connectivity index (χ1) is 8.33. The molecule has 1 rings (SSSR count). The van der Waals surface area contributed by atoms with Crippen molar-refractivity contribution in [3.63, 3.8) is 0 Å². The molecule has 2 unspecified atom stereocenters. The molecule has 102 valence electrons. The predicted molar refractivity (Wildman–Crippen MR) is 70.1 cm³/mol. The van der Waals surface area contributed by atoms with Crippen LogP contribution >= 0.6 is 0 Å². The number of carbonyl (C=O) groups excluding carboxylic acids is 1.